The van der Waals surface area contributed by atoms with Gasteiger partial charge in [-0.05, 0) is 35.7 Å². The predicted octanol–water partition coefficient (Wildman–Crippen LogP) is 3.30. The zero-order valence-electron chi connectivity index (χ0n) is 11.8. The van der Waals surface area contributed by atoms with Crippen LogP contribution in [0.4, 0.5) is 4.39 Å². The van der Waals surface area contributed by atoms with Crippen LogP contribution in [0.25, 0.3) is 21.5 Å². The van der Waals surface area contributed by atoms with Crippen molar-refractivity contribution in [3.63, 3.8) is 0 Å². The molecule has 0 saturated carbocycles. The van der Waals surface area contributed by atoms with Crippen LogP contribution in [0.15, 0.2) is 57.4 Å². The van der Waals surface area contributed by atoms with Crippen molar-refractivity contribution in [3.8, 4) is 11.3 Å². The van der Waals surface area contributed by atoms with E-state index in [1.165, 1.54) is 34.4 Å². The lowest BCUT2D eigenvalue weighted by atomic mass is 10.2. The third-order valence-electron chi connectivity index (χ3n) is 3.44. The van der Waals surface area contributed by atoms with Crippen molar-refractivity contribution < 1.29 is 8.81 Å². The Hall–Kier alpha value is -2.80. The smallest absolute Gasteiger partial charge is 0.262 e. The van der Waals surface area contributed by atoms with Crippen LogP contribution in [-0.4, -0.2) is 14.5 Å². The molecule has 0 fully saturated rings. The number of rotatable bonds is 3. The summed E-state index contributed by atoms with van der Waals surface area (Å²) in [6.07, 6.45) is 3.05. The van der Waals surface area contributed by atoms with E-state index < -0.39 is 0 Å². The highest BCUT2D eigenvalue weighted by Gasteiger charge is 2.10. The van der Waals surface area contributed by atoms with Crippen molar-refractivity contribution in [3.05, 3.63) is 70.3 Å². The molecule has 0 radical (unpaired) electrons. The molecule has 0 saturated heterocycles. The average Bonchev–Trinajstić information content (AvgIpc) is 3.20. The van der Waals surface area contributed by atoms with Gasteiger partial charge in [0.05, 0.1) is 17.9 Å². The van der Waals surface area contributed by atoms with Crippen LogP contribution in [0, 0.1) is 5.82 Å². The molecule has 0 N–H and O–H groups in total. The zero-order valence-corrected chi connectivity index (χ0v) is 12.6. The van der Waals surface area contributed by atoms with Gasteiger partial charge in [-0.1, -0.05) is 0 Å². The van der Waals surface area contributed by atoms with Gasteiger partial charge in [0.25, 0.3) is 5.56 Å². The fraction of sp³-hybridized carbons (Fsp3) is 0.0625. The molecule has 4 aromatic rings. The lowest BCUT2D eigenvalue weighted by Crippen LogP contribution is -2.20. The highest BCUT2D eigenvalue weighted by atomic mass is 32.1. The summed E-state index contributed by atoms with van der Waals surface area (Å²) in [6, 6.07) is 7.70. The molecule has 0 amide bonds. The molecule has 114 valence electrons. The van der Waals surface area contributed by atoms with Gasteiger partial charge < -0.3 is 4.42 Å². The number of thiophene rings is 1. The largest absolute Gasteiger partial charge is 0.439 e. The quantitative estimate of drug-likeness (QED) is 0.579. The van der Waals surface area contributed by atoms with Crippen molar-refractivity contribution in [2.24, 2.45) is 0 Å². The molecule has 5 nitrogen and oxygen atoms in total. The van der Waals surface area contributed by atoms with Crippen LogP contribution in [0.1, 0.15) is 5.89 Å². The summed E-state index contributed by atoms with van der Waals surface area (Å²) in [5, 5.41) is 2.42. The van der Waals surface area contributed by atoms with Gasteiger partial charge in [-0.15, -0.1) is 11.3 Å². The number of benzene rings is 1. The van der Waals surface area contributed by atoms with Crippen molar-refractivity contribution in [2.45, 2.75) is 6.54 Å². The molecule has 0 aliphatic rings. The summed E-state index contributed by atoms with van der Waals surface area (Å²) in [6.45, 7) is 0.193. The third-order valence-corrected chi connectivity index (χ3v) is 4.26. The van der Waals surface area contributed by atoms with Crippen LogP contribution in [-0.2, 0) is 6.54 Å². The number of halogens is 1. The topological polar surface area (TPSA) is 60.9 Å². The minimum absolute atomic E-state index is 0.127. The first kappa shape index (κ1) is 13.8. The summed E-state index contributed by atoms with van der Waals surface area (Å²) in [5.74, 6) is 0.607. The first-order chi connectivity index (χ1) is 11.2. The van der Waals surface area contributed by atoms with E-state index in [4.69, 9.17) is 4.42 Å². The number of fused-ring (bicyclic) bond motifs is 1. The Labute approximate surface area is 133 Å². The molecular formula is C16H10FN3O2S. The molecule has 23 heavy (non-hydrogen) atoms. The molecule has 0 bridgehead atoms. The molecule has 0 spiro atoms. The molecule has 0 atom stereocenters. The summed E-state index contributed by atoms with van der Waals surface area (Å²) in [4.78, 5) is 21.5. The molecule has 3 aromatic heterocycles. The second-order valence-corrected chi connectivity index (χ2v) is 5.84. The Morgan fingerprint density at radius 2 is 2.00 bits per heavy atom. The number of hydrogen-bond acceptors (Lipinski definition) is 5. The van der Waals surface area contributed by atoms with E-state index in [2.05, 4.69) is 9.97 Å². The second-order valence-electron chi connectivity index (χ2n) is 4.94. The van der Waals surface area contributed by atoms with Crippen molar-refractivity contribution in [2.75, 3.05) is 0 Å². The van der Waals surface area contributed by atoms with Gasteiger partial charge in [-0.2, -0.15) is 0 Å². The van der Waals surface area contributed by atoms with E-state index in [1.807, 2.05) is 5.38 Å². The van der Waals surface area contributed by atoms with E-state index in [0.717, 1.165) is 5.56 Å². The number of oxazole rings is 1. The van der Waals surface area contributed by atoms with Crippen LogP contribution in [0.3, 0.4) is 0 Å². The highest BCUT2D eigenvalue weighted by molar-refractivity contribution is 7.16. The van der Waals surface area contributed by atoms with E-state index >= 15 is 0 Å². The SMILES string of the molecule is O=c1c2ccsc2ncn1Cc1ncc(-c2ccc(F)cc2)o1. The van der Waals surface area contributed by atoms with Crippen LogP contribution in [0.5, 0.6) is 0 Å². The van der Waals surface area contributed by atoms with Crippen LogP contribution < -0.4 is 5.56 Å². The van der Waals surface area contributed by atoms with E-state index in [1.54, 1.807) is 24.4 Å². The van der Waals surface area contributed by atoms with Crippen LogP contribution in [0.2, 0.25) is 0 Å². The maximum Gasteiger partial charge on any atom is 0.262 e. The minimum Gasteiger partial charge on any atom is -0.439 e. The van der Waals surface area contributed by atoms with E-state index in [0.29, 0.717) is 21.9 Å². The third kappa shape index (κ3) is 2.55. The normalized spacial score (nSPS) is 11.2. The lowest BCUT2D eigenvalue weighted by molar-refractivity contribution is 0.484. The molecule has 0 aliphatic heterocycles. The first-order valence-electron chi connectivity index (χ1n) is 6.84. The van der Waals surface area contributed by atoms with Gasteiger partial charge in [0.15, 0.2) is 5.76 Å². The lowest BCUT2D eigenvalue weighted by Gasteiger charge is -2.01. The van der Waals surface area contributed by atoms with Crippen molar-refractivity contribution in [1.82, 2.24) is 14.5 Å². The van der Waals surface area contributed by atoms with Gasteiger partial charge >= 0.3 is 0 Å². The fourth-order valence-electron chi connectivity index (χ4n) is 2.28. The molecular weight excluding hydrogens is 317 g/mol. The Morgan fingerprint density at radius 3 is 2.83 bits per heavy atom. The van der Waals surface area contributed by atoms with Gasteiger partial charge in [0, 0.05) is 5.56 Å². The Kier molecular flexibility index (Phi) is 3.27. The highest BCUT2D eigenvalue weighted by Crippen LogP contribution is 2.21. The van der Waals surface area contributed by atoms with E-state index in [-0.39, 0.29) is 17.9 Å². The molecule has 3 heterocycles. The van der Waals surface area contributed by atoms with Gasteiger partial charge in [-0.3, -0.25) is 9.36 Å². The first-order valence-corrected chi connectivity index (χ1v) is 7.72. The van der Waals surface area contributed by atoms with Gasteiger partial charge in [0.1, 0.15) is 17.2 Å². The summed E-state index contributed by atoms with van der Waals surface area (Å²) in [7, 11) is 0. The Balaban J connectivity index is 1.65. The molecule has 1 aromatic carbocycles. The number of hydrogen-bond donors (Lipinski definition) is 0. The molecule has 0 aliphatic carbocycles. The average molecular weight is 327 g/mol. The maximum absolute atomic E-state index is 13.0. The Bertz CT molecular complexity index is 1030. The fourth-order valence-corrected chi connectivity index (χ4v) is 3.01. The predicted molar refractivity (Wildman–Crippen MR) is 84.9 cm³/mol. The zero-order chi connectivity index (χ0) is 15.8. The van der Waals surface area contributed by atoms with Crippen molar-refractivity contribution >= 4 is 21.6 Å². The number of aromatic nitrogens is 3. The summed E-state index contributed by atoms with van der Waals surface area (Å²) >= 11 is 1.42. The van der Waals surface area contributed by atoms with Crippen LogP contribution >= 0.6 is 11.3 Å². The second kappa shape index (κ2) is 5.44. The van der Waals surface area contributed by atoms with Gasteiger partial charge in [-0.25, -0.2) is 14.4 Å². The Morgan fingerprint density at radius 1 is 1.17 bits per heavy atom. The maximum atomic E-state index is 13.0. The monoisotopic (exact) mass is 327 g/mol. The van der Waals surface area contributed by atoms with E-state index in [9.17, 15) is 9.18 Å². The van der Waals surface area contributed by atoms with Gasteiger partial charge in [0.2, 0.25) is 5.89 Å². The number of nitrogens with zero attached hydrogens (tertiary/aromatic N) is 3. The molecule has 4 rings (SSSR count). The molecule has 7 heteroatoms. The minimum atomic E-state index is -0.310. The standard InChI is InChI=1S/C16H10FN3O2S/c17-11-3-1-10(2-4-11)13-7-18-14(22-13)8-20-9-19-15-12(16(20)21)5-6-23-15/h1-7,9H,8H2. The summed E-state index contributed by atoms with van der Waals surface area (Å²) in [5.41, 5.74) is 0.599. The molecule has 0 unspecified atom stereocenters. The van der Waals surface area contributed by atoms with Crippen molar-refractivity contribution in [1.29, 1.82) is 0 Å². The summed E-state index contributed by atoms with van der Waals surface area (Å²) < 4.78 is 20.0.